The monoisotopic (exact) mass is 245 g/mol. The maximum absolute atomic E-state index is 10.9. The van der Waals surface area contributed by atoms with Crippen LogP contribution in [0.3, 0.4) is 0 Å². The summed E-state index contributed by atoms with van der Waals surface area (Å²) >= 11 is 0. The zero-order chi connectivity index (χ0) is 13.0. The summed E-state index contributed by atoms with van der Waals surface area (Å²) in [5.74, 6) is -0.299. The number of carboxylic acid groups (broad SMARTS) is 1. The maximum atomic E-state index is 10.9. The molecule has 0 spiro atoms. The zero-order valence-corrected chi connectivity index (χ0v) is 9.96. The molecular weight excluding hydrogens is 232 g/mol. The fourth-order valence-corrected chi connectivity index (χ4v) is 1.97. The van der Waals surface area contributed by atoms with Crippen molar-refractivity contribution in [3.63, 3.8) is 0 Å². The quantitative estimate of drug-likeness (QED) is 0.802. The Morgan fingerprint density at radius 3 is 2.72 bits per heavy atom. The molecule has 0 unspecified atom stereocenters. The van der Waals surface area contributed by atoms with E-state index in [-0.39, 0.29) is 6.42 Å². The van der Waals surface area contributed by atoms with Crippen LogP contribution in [-0.4, -0.2) is 13.1 Å². The first-order valence-corrected chi connectivity index (χ1v) is 5.58. The summed E-state index contributed by atoms with van der Waals surface area (Å²) < 4.78 is 10.6. The molecule has 0 bridgehead atoms. The van der Waals surface area contributed by atoms with Crippen molar-refractivity contribution in [3.05, 3.63) is 54.0 Å². The predicted molar refractivity (Wildman–Crippen MR) is 63.2 cm³/mol. The molecular formula is C14H13O4-. The summed E-state index contributed by atoms with van der Waals surface area (Å²) in [7, 11) is 1.55. The summed E-state index contributed by atoms with van der Waals surface area (Å²) in [5, 5.41) is 10.9. The molecule has 0 amide bonds. The molecule has 2 aromatic rings. The SMILES string of the molecule is COc1ccccc1[C@@H](CC(=O)[O-])c1ccco1. The largest absolute Gasteiger partial charge is 0.550 e. The minimum atomic E-state index is -1.12. The van der Waals surface area contributed by atoms with E-state index in [0.29, 0.717) is 11.5 Å². The number of hydrogen-bond acceptors (Lipinski definition) is 4. The summed E-state index contributed by atoms with van der Waals surface area (Å²) in [4.78, 5) is 10.9. The molecule has 1 aromatic heterocycles. The van der Waals surface area contributed by atoms with E-state index in [1.54, 1.807) is 25.3 Å². The van der Waals surface area contributed by atoms with E-state index < -0.39 is 11.9 Å². The summed E-state index contributed by atoms with van der Waals surface area (Å²) in [6.07, 6.45) is 1.38. The highest BCUT2D eigenvalue weighted by atomic mass is 16.5. The van der Waals surface area contributed by atoms with Crippen LogP contribution in [0.5, 0.6) is 5.75 Å². The van der Waals surface area contributed by atoms with Crippen molar-refractivity contribution < 1.29 is 19.1 Å². The van der Waals surface area contributed by atoms with E-state index >= 15 is 0 Å². The van der Waals surface area contributed by atoms with Gasteiger partial charge in [0.15, 0.2) is 0 Å². The number of benzene rings is 1. The van der Waals surface area contributed by atoms with Gasteiger partial charge < -0.3 is 19.1 Å². The van der Waals surface area contributed by atoms with E-state index in [9.17, 15) is 9.90 Å². The van der Waals surface area contributed by atoms with Crippen molar-refractivity contribution in [3.8, 4) is 5.75 Å². The summed E-state index contributed by atoms with van der Waals surface area (Å²) in [6, 6.07) is 10.8. The van der Waals surface area contributed by atoms with Gasteiger partial charge in [0.05, 0.1) is 19.3 Å². The lowest BCUT2D eigenvalue weighted by Crippen LogP contribution is -2.25. The molecule has 0 radical (unpaired) electrons. The second kappa shape index (κ2) is 5.40. The highest BCUT2D eigenvalue weighted by molar-refractivity contribution is 5.67. The molecule has 94 valence electrons. The molecule has 0 aliphatic rings. The number of ether oxygens (including phenoxy) is 1. The van der Waals surface area contributed by atoms with Gasteiger partial charge in [-0.15, -0.1) is 0 Å². The molecule has 1 atom stereocenters. The van der Waals surface area contributed by atoms with Crippen LogP contribution >= 0.6 is 0 Å². The third-order valence-corrected chi connectivity index (χ3v) is 2.77. The third-order valence-electron chi connectivity index (χ3n) is 2.77. The number of carbonyl (C=O) groups excluding carboxylic acids is 1. The molecule has 4 heteroatoms. The minimum Gasteiger partial charge on any atom is -0.550 e. The maximum Gasteiger partial charge on any atom is 0.122 e. The van der Waals surface area contributed by atoms with Gasteiger partial charge in [0.2, 0.25) is 0 Å². The van der Waals surface area contributed by atoms with Crippen LogP contribution in [0, 0.1) is 0 Å². The molecule has 18 heavy (non-hydrogen) atoms. The number of carboxylic acids is 1. The lowest BCUT2D eigenvalue weighted by atomic mass is 9.92. The lowest BCUT2D eigenvalue weighted by molar-refractivity contribution is -0.306. The van der Waals surface area contributed by atoms with Gasteiger partial charge in [-0.3, -0.25) is 0 Å². The molecule has 4 nitrogen and oxygen atoms in total. The van der Waals surface area contributed by atoms with Gasteiger partial charge in [0.1, 0.15) is 11.5 Å². The number of furan rings is 1. The Balaban J connectivity index is 2.43. The molecule has 0 aliphatic heterocycles. The van der Waals surface area contributed by atoms with Gasteiger partial charge in [-0.1, -0.05) is 18.2 Å². The van der Waals surface area contributed by atoms with Crippen LogP contribution in [0.1, 0.15) is 23.7 Å². The topological polar surface area (TPSA) is 62.5 Å². The average molecular weight is 245 g/mol. The highest BCUT2D eigenvalue weighted by Crippen LogP contribution is 2.34. The van der Waals surface area contributed by atoms with Gasteiger partial charge >= 0.3 is 0 Å². The fourth-order valence-electron chi connectivity index (χ4n) is 1.97. The molecule has 1 aromatic carbocycles. The molecule has 0 N–H and O–H groups in total. The van der Waals surface area contributed by atoms with Crippen LogP contribution in [0.2, 0.25) is 0 Å². The molecule has 0 fully saturated rings. The molecule has 1 heterocycles. The minimum absolute atomic E-state index is 0.145. The smallest absolute Gasteiger partial charge is 0.122 e. The van der Waals surface area contributed by atoms with Gasteiger partial charge in [0, 0.05) is 18.0 Å². The second-order valence-corrected chi connectivity index (χ2v) is 3.89. The van der Waals surface area contributed by atoms with Crippen molar-refractivity contribution >= 4 is 5.97 Å². The van der Waals surface area contributed by atoms with Crippen molar-refractivity contribution in [2.75, 3.05) is 7.11 Å². The number of para-hydroxylation sites is 1. The number of rotatable bonds is 5. The van der Waals surface area contributed by atoms with Crippen LogP contribution in [0.4, 0.5) is 0 Å². The van der Waals surface area contributed by atoms with Crippen LogP contribution in [-0.2, 0) is 4.79 Å². The highest BCUT2D eigenvalue weighted by Gasteiger charge is 2.20. The Labute approximate surface area is 105 Å². The summed E-state index contributed by atoms with van der Waals surface area (Å²) in [5.41, 5.74) is 0.777. The first-order chi connectivity index (χ1) is 8.72. The second-order valence-electron chi connectivity index (χ2n) is 3.89. The van der Waals surface area contributed by atoms with Crippen molar-refractivity contribution in [2.45, 2.75) is 12.3 Å². The fraction of sp³-hybridized carbons (Fsp3) is 0.214. The zero-order valence-electron chi connectivity index (χ0n) is 9.96. The van der Waals surface area contributed by atoms with E-state index in [4.69, 9.17) is 9.15 Å². The van der Waals surface area contributed by atoms with Crippen molar-refractivity contribution in [1.82, 2.24) is 0 Å². The van der Waals surface area contributed by atoms with E-state index in [0.717, 1.165) is 5.56 Å². The van der Waals surface area contributed by atoms with Crippen molar-refractivity contribution in [2.24, 2.45) is 0 Å². The molecule has 0 saturated carbocycles. The first-order valence-electron chi connectivity index (χ1n) is 5.58. The Hall–Kier alpha value is -2.23. The van der Waals surface area contributed by atoms with E-state index in [1.165, 1.54) is 6.26 Å². The Morgan fingerprint density at radius 1 is 1.33 bits per heavy atom. The van der Waals surface area contributed by atoms with Gasteiger partial charge in [-0.05, 0) is 18.2 Å². The molecule has 2 rings (SSSR count). The Morgan fingerprint density at radius 2 is 2.11 bits per heavy atom. The Kier molecular flexibility index (Phi) is 3.67. The van der Waals surface area contributed by atoms with Crippen LogP contribution in [0.25, 0.3) is 0 Å². The third kappa shape index (κ3) is 2.53. The van der Waals surface area contributed by atoms with Crippen LogP contribution in [0.15, 0.2) is 47.1 Å². The standard InChI is InChI=1S/C14H14O4/c1-17-12-6-3-2-5-10(12)11(9-14(15)16)13-7-4-8-18-13/h2-8,11H,9H2,1H3,(H,15,16)/p-1/t11-/m1/s1. The molecule has 0 saturated heterocycles. The van der Waals surface area contributed by atoms with Gasteiger partial charge in [-0.25, -0.2) is 0 Å². The Bertz CT molecular complexity index is 516. The number of aliphatic carboxylic acids is 1. The first kappa shape index (κ1) is 12.2. The summed E-state index contributed by atoms with van der Waals surface area (Å²) in [6.45, 7) is 0. The predicted octanol–water partition coefficient (Wildman–Crippen LogP) is 1.56. The number of hydrogen-bond donors (Lipinski definition) is 0. The normalized spacial score (nSPS) is 12.1. The van der Waals surface area contributed by atoms with Crippen LogP contribution < -0.4 is 9.84 Å². The van der Waals surface area contributed by atoms with Gasteiger partial charge in [0.25, 0.3) is 0 Å². The van der Waals surface area contributed by atoms with Gasteiger partial charge in [-0.2, -0.15) is 0 Å². The number of methoxy groups -OCH3 is 1. The van der Waals surface area contributed by atoms with E-state index in [1.807, 2.05) is 18.2 Å². The lowest BCUT2D eigenvalue weighted by Gasteiger charge is -2.18. The van der Waals surface area contributed by atoms with Crippen molar-refractivity contribution in [1.29, 1.82) is 0 Å². The molecule has 0 aliphatic carbocycles. The average Bonchev–Trinajstić information content (AvgIpc) is 2.89. The number of carbonyl (C=O) groups is 1. The van der Waals surface area contributed by atoms with E-state index in [2.05, 4.69) is 0 Å².